The van der Waals surface area contributed by atoms with Crippen LogP contribution < -0.4 is 16.0 Å². The number of para-hydroxylation sites is 1. The first-order chi connectivity index (χ1) is 9.69. The van der Waals surface area contributed by atoms with Crippen molar-refractivity contribution in [1.29, 1.82) is 0 Å². The fraction of sp³-hybridized carbons (Fsp3) is 0.143. The zero-order chi connectivity index (χ0) is 14.4. The third kappa shape index (κ3) is 3.68. The van der Waals surface area contributed by atoms with Gasteiger partial charge in [0, 0.05) is 19.8 Å². The predicted molar refractivity (Wildman–Crippen MR) is 76.0 cm³/mol. The van der Waals surface area contributed by atoms with E-state index in [4.69, 9.17) is 0 Å². The first kappa shape index (κ1) is 13.8. The summed E-state index contributed by atoms with van der Waals surface area (Å²) >= 11 is 0. The molecule has 2 aromatic rings. The molecule has 1 heterocycles. The Hall–Kier alpha value is -2.63. The van der Waals surface area contributed by atoms with Crippen LogP contribution in [0.25, 0.3) is 0 Å². The minimum atomic E-state index is -0.470. The van der Waals surface area contributed by atoms with Crippen LogP contribution in [0.5, 0.6) is 0 Å². The smallest absolute Gasteiger partial charge is 0.319 e. The number of amides is 2. The van der Waals surface area contributed by atoms with Gasteiger partial charge in [0.15, 0.2) is 0 Å². The standard InChI is InChI=1S/C14H15FN4O/c1-16-13-7-6-10(8-17-13)9-18-14(20)19-12-5-3-2-4-11(12)15/h2-8H,9H2,1H3,(H,16,17)(H2,18,19,20). The average molecular weight is 274 g/mol. The highest BCUT2D eigenvalue weighted by molar-refractivity contribution is 5.89. The van der Waals surface area contributed by atoms with Gasteiger partial charge >= 0.3 is 6.03 Å². The lowest BCUT2D eigenvalue weighted by atomic mass is 10.3. The number of rotatable bonds is 4. The number of carbonyl (C=O) groups excluding carboxylic acids is 1. The van der Waals surface area contributed by atoms with Crippen LogP contribution in [0.1, 0.15) is 5.56 Å². The minimum absolute atomic E-state index is 0.147. The number of carbonyl (C=O) groups is 1. The largest absolute Gasteiger partial charge is 0.373 e. The topological polar surface area (TPSA) is 66.0 Å². The molecular weight excluding hydrogens is 259 g/mol. The Kier molecular flexibility index (Phi) is 4.49. The van der Waals surface area contributed by atoms with E-state index in [9.17, 15) is 9.18 Å². The number of pyridine rings is 1. The monoisotopic (exact) mass is 274 g/mol. The van der Waals surface area contributed by atoms with Gasteiger partial charge in [-0.1, -0.05) is 18.2 Å². The molecule has 0 saturated heterocycles. The molecule has 20 heavy (non-hydrogen) atoms. The molecule has 0 fully saturated rings. The molecule has 2 rings (SSSR count). The van der Waals surface area contributed by atoms with Crippen LogP contribution in [-0.4, -0.2) is 18.1 Å². The maximum absolute atomic E-state index is 13.3. The van der Waals surface area contributed by atoms with Gasteiger partial charge in [0.1, 0.15) is 11.6 Å². The van der Waals surface area contributed by atoms with E-state index >= 15 is 0 Å². The second-order valence-electron chi connectivity index (χ2n) is 4.09. The van der Waals surface area contributed by atoms with Gasteiger partial charge in [-0.2, -0.15) is 0 Å². The molecule has 0 aliphatic carbocycles. The second kappa shape index (κ2) is 6.51. The number of aromatic nitrogens is 1. The van der Waals surface area contributed by atoms with Crippen molar-refractivity contribution in [1.82, 2.24) is 10.3 Å². The van der Waals surface area contributed by atoms with Gasteiger partial charge in [0.05, 0.1) is 5.69 Å². The highest BCUT2D eigenvalue weighted by Crippen LogP contribution is 2.12. The Balaban J connectivity index is 1.87. The Morgan fingerprint density at radius 1 is 1.25 bits per heavy atom. The maximum Gasteiger partial charge on any atom is 0.319 e. The van der Waals surface area contributed by atoms with E-state index in [0.717, 1.165) is 11.4 Å². The molecule has 0 aliphatic heterocycles. The average Bonchev–Trinajstić information content (AvgIpc) is 2.48. The lowest BCUT2D eigenvalue weighted by Crippen LogP contribution is -2.28. The van der Waals surface area contributed by atoms with E-state index in [-0.39, 0.29) is 5.69 Å². The van der Waals surface area contributed by atoms with E-state index in [1.54, 1.807) is 25.4 Å². The molecule has 3 N–H and O–H groups in total. The number of hydrogen-bond acceptors (Lipinski definition) is 3. The number of nitrogens with zero attached hydrogens (tertiary/aromatic N) is 1. The summed E-state index contributed by atoms with van der Waals surface area (Å²) in [4.78, 5) is 15.8. The molecule has 0 saturated carbocycles. The summed E-state index contributed by atoms with van der Waals surface area (Å²) in [6.07, 6.45) is 1.66. The molecule has 104 valence electrons. The first-order valence-electron chi connectivity index (χ1n) is 6.11. The summed E-state index contributed by atoms with van der Waals surface area (Å²) < 4.78 is 13.3. The maximum atomic E-state index is 13.3. The Bertz CT molecular complexity index is 586. The first-order valence-corrected chi connectivity index (χ1v) is 6.11. The molecular formula is C14H15FN4O. The van der Waals surface area contributed by atoms with Crippen LogP contribution >= 0.6 is 0 Å². The molecule has 0 aliphatic rings. The summed E-state index contributed by atoms with van der Waals surface area (Å²) in [5.41, 5.74) is 1.00. The van der Waals surface area contributed by atoms with Gasteiger partial charge in [0.25, 0.3) is 0 Å². The zero-order valence-corrected chi connectivity index (χ0v) is 11.0. The SMILES string of the molecule is CNc1ccc(CNC(=O)Nc2ccccc2F)cn1. The van der Waals surface area contributed by atoms with E-state index < -0.39 is 11.8 Å². The second-order valence-corrected chi connectivity index (χ2v) is 4.09. The Morgan fingerprint density at radius 2 is 2.05 bits per heavy atom. The molecule has 0 unspecified atom stereocenters. The lowest BCUT2D eigenvalue weighted by molar-refractivity contribution is 0.251. The molecule has 6 heteroatoms. The van der Waals surface area contributed by atoms with Crippen molar-refractivity contribution in [2.24, 2.45) is 0 Å². The Labute approximate surface area is 116 Å². The van der Waals surface area contributed by atoms with E-state index in [1.165, 1.54) is 12.1 Å². The van der Waals surface area contributed by atoms with Crippen molar-refractivity contribution in [2.45, 2.75) is 6.54 Å². The van der Waals surface area contributed by atoms with Gasteiger partial charge in [0.2, 0.25) is 0 Å². The highest BCUT2D eigenvalue weighted by atomic mass is 19.1. The summed E-state index contributed by atoms with van der Waals surface area (Å²) in [7, 11) is 1.78. The molecule has 0 atom stereocenters. The van der Waals surface area contributed by atoms with Gasteiger partial charge in [-0.25, -0.2) is 14.2 Å². The van der Waals surface area contributed by atoms with Crippen molar-refractivity contribution in [2.75, 3.05) is 17.7 Å². The third-order valence-corrected chi connectivity index (χ3v) is 2.66. The molecule has 0 bridgehead atoms. The minimum Gasteiger partial charge on any atom is -0.373 e. The highest BCUT2D eigenvalue weighted by Gasteiger charge is 2.05. The van der Waals surface area contributed by atoms with E-state index in [1.807, 2.05) is 12.1 Å². The Morgan fingerprint density at radius 3 is 2.70 bits per heavy atom. The van der Waals surface area contributed by atoms with E-state index in [0.29, 0.717) is 6.54 Å². The fourth-order valence-corrected chi connectivity index (χ4v) is 1.59. The third-order valence-electron chi connectivity index (χ3n) is 2.66. The van der Waals surface area contributed by atoms with Crippen LogP contribution in [-0.2, 0) is 6.54 Å². The number of nitrogens with one attached hydrogen (secondary N) is 3. The summed E-state index contributed by atoms with van der Waals surface area (Å²) in [6.45, 7) is 0.317. The number of benzene rings is 1. The van der Waals surface area contributed by atoms with Gasteiger partial charge in [-0.05, 0) is 23.8 Å². The predicted octanol–water partition coefficient (Wildman–Crippen LogP) is 2.58. The summed E-state index contributed by atoms with van der Waals surface area (Å²) in [5.74, 6) is 0.284. The molecule has 1 aromatic carbocycles. The van der Waals surface area contributed by atoms with Crippen molar-refractivity contribution >= 4 is 17.5 Å². The number of anilines is 2. The van der Waals surface area contributed by atoms with Crippen molar-refractivity contribution in [3.05, 3.63) is 54.0 Å². The number of urea groups is 1. The van der Waals surface area contributed by atoms with Crippen LogP contribution in [0.3, 0.4) is 0 Å². The van der Waals surface area contributed by atoms with Crippen molar-refractivity contribution < 1.29 is 9.18 Å². The van der Waals surface area contributed by atoms with Crippen LogP contribution in [0.4, 0.5) is 20.7 Å². The van der Waals surface area contributed by atoms with Crippen molar-refractivity contribution in [3.8, 4) is 0 Å². The zero-order valence-electron chi connectivity index (χ0n) is 11.0. The van der Waals surface area contributed by atoms with Gasteiger partial charge < -0.3 is 16.0 Å². The van der Waals surface area contributed by atoms with E-state index in [2.05, 4.69) is 20.9 Å². The van der Waals surface area contributed by atoms with Crippen LogP contribution in [0, 0.1) is 5.82 Å². The lowest BCUT2D eigenvalue weighted by Gasteiger charge is -2.08. The quantitative estimate of drug-likeness (QED) is 0.802. The molecule has 0 spiro atoms. The summed E-state index contributed by atoms with van der Waals surface area (Å²) in [6, 6.07) is 9.20. The number of halogens is 1. The molecule has 0 radical (unpaired) electrons. The fourth-order valence-electron chi connectivity index (χ4n) is 1.59. The summed E-state index contributed by atoms with van der Waals surface area (Å²) in [5, 5.41) is 7.99. The van der Waals surface area contributed by atoms with Gasteiger partial charge in [-0.3, -0.25) is 0 Å². The molecule has 2 amide bonds. The number of hydrogen-bond donors (Lipinski definition) is 3. The van der Waals surface area contributed by atoms with Crippen LogP contribution in [0.15, 0.2) is 42.6 Å². The van der Waals surface area contributed by atoms with Crippen LogP contribution in [0.2, 0.25) is 0 Å². The normalized spacial score (nSPS) is 9.90. The van der Waals surface area contributed by atoms with Crippen molar-refractivity contribution in [3.63, 3.8) is 0 Å². The molecule has 5 nitrogen and oxygen atoms in total. The molecule has 1 aromatic heterocycles. The van der Waals surface area contributed by atoms with Gasteiger partial charge in [-0.15, -0.1) is 0 Å².